The average Bonchev–Trinajstić information content (AvgIpc) is 2.79. The Morgan fingerprint density at radius 3 is 1.97 bits per heavy atom. The van der Waals surface area contributed by atoms with E-state index in [2.05, 4.69) is 6.92 Å². The molecule has 0 aliphatic heterocycles. The summed E-state index contributed by atoms with van der Waals surface area (Å²) < 4.78 is 31.6. The summed E-state index contributed by atoms with van der Waals surface area (Å²) in [5.74, 6) is 1.15. The van der Waals surface area contributed by atoms with E-state index >= 15 is 0 Å². The van der Waals surface area contributed by atoms with Crippen molar-refractivity contribution in [2.24, 2.45) is 0 Å². The van der Waals surface area contributed by atoms with Crippen molar-refractivity contribution in [3.63, 3.8) is 0 Å². The number of para-hydroxylation sites is 2. The van der Waals surface area contributed by atoms with Crippen molar-refractivity contribution in [2.75, 3.05) is 13.2 Å². The maximum atomic E-state index is 14.2. The van der Waals surface area contributed by atoms with Crippen LogP contribution in [-0.2, 0) is 4.57 Å². The highest BCUT2D eigenvalue weighted by Crippen LogP contribution is 2.60. The van der Waals surface area contributed by atoms with E-state index in [-0.39, 0.29) is 0 Å². The first-order valence-corrected chi connectivity index (χ1v) is 12.0. The van der Waals surface area contributed by atoms with Gasteiger partial charge in [-0.1, -0.05) is 61.9 Å². The fraction of sp³-hybridized carbons (Fsp3) is 0.250. The number of rotatable bonds is 12. The molecule has 3 aromatic rings. The lowest BCUT2D eigenvalue weighted by Crippen LogP contribution is -2.19. The fourth-order valence-electron chi connectivity index (χ4n) is 3.08. The Balaban J connectivity index is 2.01. The lowest BCUT2D eigenvalue weighted by Gasteiger charge is -2.26. The molecule has 0 heterocycles. The standard InChI is InChI=1S/C24H26NO6P/c1-2-3-17-29-23-16-10-11-20(18-23)24(19-25(26)27)32(28,30-21-12-6-4-7-13-21)31-22-14-8-5-9-15-22/h4-16,18,24H,2-3,17,19H2,1H3/t24-/m1/s1. The highest BCUT2D eigenvalue weighted by atomic mass is 31.2. The molecule has 0 bridgehead atoms. The van der Waals surface area contributed by atoms with Crippen molar-refractivity contribution in [3.8, 4) is 17.2 Å². The second-order valence-electron chi connectivity index (χ2n) is 7.15. The summed E-state index contributed by atoms with van der Waals surface area (Å²) in [7, 11) is -4.10. The van der Waals surface area contributed by atoms with Gasteiger partial charge in [0.1, 0.15) is 17.2 Å². The minimum Gasteiger partial charge on any atom is -0.494 e. The van der Waals surface area contributed by atoms with Crippen molar-refractivity contribution in [1.82, 2.24) is 0 Å². The van der Waals surface area contributed by atoms with Crippen molar-refractivity contribution >= 4 is 7.60 Å². The molecule has 0 N–H and O–H groups in total. The molecular weight excluding hydrogens is 429 g/mol. The van der Waals surface area contributed by atoms with E-state index in [0.717, 1.165) is 12.8 Å². The first-order chi connectivity index (χ1) is 15.5. The van der Waals surface area contributed by atoms with Crippen LogP contribution in [0.3, 0.4) is 0 Å². The average molecular weight is 455 g/mol. The molecule has 168 valence electrons. The van der Waals surface area contributed by atoms with E-state index < -0.39 is 24.7 Å². The quantitative estimate of drug-likeness (QED) is 0.133. The summed E-state index contributed by atoms with van der Waals surface area (Å²) in [6.07, 6.45) is 1.87. The highest BCUT2D eigenvalue weighted by Gasteiger charge is 2.44. The Labute approximate surface area is 187 Å². The van der Waals surface area contributed by atoms with Crippen molar-refractivity contribution in [1.29, 1.82) is 0 Å². The van der Waals surface area contributed by atoms with Gasteiger partial charge in [-0.3, -0.25) is 10.1 Å². The molecule has 0 aliphatic carbocycles. The van der Waals surface area contributed by atoms with Crippen LogP contribution in [0, 0.1) is 10.1 Å². The molecule has 0 amide bonds. The van der Waals surface area contributed by atoms with Crippen LogP contribution < -0.4 is 13.8 Å². The van der Waals surface area contributed by atoms with Gasteiger partial charge < -0.3 is 13.8 Å². The summed E-state index contributed by atoms with van der Waals surface area (Å²) in [6, 6.07) is 23.9. The van der Waals surface area contributed by atoms with Gasteiger partial charge in [0.15, 0.2) is 5.66 Å². The van der Waals surface area contributed by atoms with Gasteiger partial charge in [-0.2, -0.15) is 0 Å². The molecule has 0 saturated carbocycles. The lowest BCUT2D eigenvalue weighted by atomic mass is 10.1. The van der Waals surface area contributed by atoms with Crippen LogP contribution in [0.1, 0.15) is 31.0 Å². The smallest absolute Gasteiger partial charge is 0.444 e. The van der Waals surface area contributed by atoms with Crippen LogP contribution in [-0.4, -0.2) is 18.1 Å². The third kappa shape index (κ3) is 6.59. The Morgan fingerprint density at radius 1 is 0.875 bits per heavy atom. The van der Waals surface area contributed by atoms with Gasteiger partial charge >= 0.3 is 7.60 Å². The van der Waals surface area contributed by atoms with Crippen LogP contribution in [0.15, 0.2) is 84.9 Å². The molecular formula is C24H26NO6P. The number of hydrogen-bond donors (Lipinski definition) is 0. The fourth-order valence-corrected chi connectivity index (χ4v) is 5.06. The predicted molar refractivity (Wildman–Crippen MR) is 123 cm³/mol. The molecule has 0 saturated heterocycles. The largest absolute Gasteiger partial charge is 0.494 e. The number of nitrogens with zero attached hydrogens (tertiary/aromatic N) is 1. The number of nitro groups is 1. The molecule has 0 fully saturated rings. The molecule has 0 spiro atoms. The van der Waals surface area contributed by atoms with Gasteiger partial charge in [-0.05, 0) is 48.4 Å². The Bertz CT molecular complexity index is 999. The van der Waals surface area contributed by atoms with E-state index in [1.807, 2.05) is 0 Å². The van der Waals surface area contributed by atoms with Gasteiger partial charge in [0.05, 0.1) is 6.61 Å². The number of benzene rings is 3. The van der Waals surface area contributed by atoms with Gasteiger partial charge in [0.2, 0.25) is 6.54 Å². The minimum absolute atomic E-state index is 0.301. The Kier molecular flexibility index (Phi) is 8.28. The third-order valence-corrected chi connectivity index (χ3v) is 6.82. The monoisotopic (exact) mass is 455 g/mol. The molecule has 3 aromatic carbocycles. The zero-order valence-corrected chi connectivity index (χ0v) is 18.7. The summed E-state index contributed by atoms with van der Waals surface area (Å²) >= 11 is 0. The molecule has 0 aromatic heterocycles. The number of unbranched alkanes of at least 4 members (excludes halogenated alkanes) is 1. The van der Waals surface area contributed by atoms with Crippen LogP contribution in [0.25, 0.3) is 0 Å². The van der Waals surface area contributed by atoms with Gasteiger partial charge in [-0.15, -0.1) is 0 Å². The van der Waals surface area contributed by atoms with Crippen molar-refractivity contribution < 1.29 is 23.3 Å². The summed E-state index contributed by atoms with van der Waals surface area (Å²) in [5, 5.41) is 11.6. The number of hydrogen-bond acceptors (Lipinski definition) is 6. The maximum absolute atomic E-state index is 14.2. The molecule has 1 atom stereocenters. The lowest BCUT2D eigenvalue weighted by molar-refractivity contribution is -0.480. The first kappa shape index (κ1) is 23.4. The van der Waals surface area contributed by atoms with Crippen LogP contribution in [0.2, 0.25) is 0 Å². The Morgan fingerprint density at radius 2 is 1.44 bits per heavy atom. The molecule has 7 nitrogen and oxygen atoms in total. The predicted octanol–water partition coefficient (Wildman–Crippen LogP) is 6.53. The highest BCUT2D eigenvalue weighted by molar-refractivity contribution is 7.55. The first-order valence-electron chi connectivity index (χ1n) is 10.4. The van der Waals surface area contributed by atoms with E-state index in [1.165, 1.54) is 0 Å². The zero-order chi connectivity index (χ0) is 22.8. The van der Waals surface area contributed by atoms with Gasteiger partial charge in [0.25, 0.3) is 0 Å². The van der Waals surface area contributed by atoms with Crippen molar-refractivity contribution in [3.05, 3.63) is 101 Å². The molecule has 0 aliphatic rings. The second kappa shape index (κ2) is 11.3. The summed E-state index contributed by atoms with van der Waals surface area (Å²) in [4.78, 5) is 11.1. The third-order valence-electron chi connectivity index (χ3n) is 4.66. The topological polar surface area (TPSA) is 87.9 Å². The minimum atomic E-state index is -4.10. The Hall–Kier alpha value is -3.31. The van der Waals surface area contributed by atoms with Gasteiger partial charge in [-0.25, -0.2) is 4.57 Å². The maximum Gasteiger partial charge on any atom is 0.444 e. The van der Waals surface area contributed by atoms with Gasteiger partial charge in [0, 0.05) is 4.92 Å². The van der Waals surface area contributed by atoms with Crippen molar-refractivity contribution in [2.45, 2.75) is 25.4 Å². The molecule has 0 unspecified atom stereocenters. The molecule has 3 rings (SSSR count). The normalized spacial score (nSPS) is 12.0. The summed E-state index contributed by atoms with van der Waals surface area (Å²) in [5.41, 5.74) is -0.696. The van der Waals surface area contributed by atoms with Crippen LogP contribution in [0.5, 0.6) is 17.2 Å². The zero-order valence-electron chi connectivity index (χ0n) is 17.8. The number of ether oxygens (including phenoxy) is 1. The second-order valence-corrected chi connectivity index (χ2v) is 9.22. The van der Waals surface area contributed by atoms with Crippen LogP contribution >= 0.6 is 7.60 Å². The van der Waals surface area contributed by atoms with E-state index in [1.54, 1.807) is 84.9 Å². The van der Waals surface area contributed by atoms with E-state index in [4.69, 9.17) is 13.8 Å². The van der Waals surface area contributed by atoms with Crippen LogP contribution in [0.4, 0.5) is 0 Å². The summed E-state index contributed by atoms with van der Waals surface area (Å²) in [6.45, 7) is 1.96. The van der Waals surface area contributed by atoms with E-state index in [9.17, 15) is 14.7 Å². The molecule has 8 heteroatoms. The SMILES string of the molecule is CCCCOc1cccc([C@@H](C[N+](=O)[O-])P(=O)(Oc2ccccc2)Oc2ccccc2)c1. The van der Waals surface area contributed by atoms with E-state index in [0.29, 0.717) is 29.4 Å². The molecule has 32 heavy (non-hydrogen) atoms. The molecule has 0 radical (unpaired) electrons.